The van der Waals surface area contributed by atoms with Gasteiger partial charge in [-0.2, -0.15) is 0 Å². The van der Waals surface area contributed by atoms with Gasteiger partial charge >= 0.3 is 0 Å². The van der Waals surface area contributed by atoms with E-state index in [0.717, 1.165) is 25.7 Å². The summed E-state index contributed by atoms with van der Waals surface area (Å²) >= 11 is 0. The Hall–Kier alpha value is -0.480. The van der Waals surface area contributed by atoms with Crippen molar-refractivity contribution in [2.45, 2.75) is 45.6 Å². The molecule has 0 aliphatic heterocycles. The van der Waals surface area contributed by atoms with E-state index in [4.69, 9.17) is 6.42 Å². The van der Waals surface area contributed by atoms with Crippen molar-refractivity contribution in [3.8, 4) is 12.3 Å². The van der Waals surface area contributed by atoms with Crippen molar-refractivity contribution < 1.29 is 5.11 Å². The number of aliphatic hydroxyl groups is 1. The predicted octanol–water partition coefficient (Wildman–Crippen LogP) is 2.20. The molecule has 0 rings (SSSR count). The molecule has 0 aromatic carbocycles. The monoisotopic (exact) mass is 154 g/mol. The lowest BCUT2D eigenvalue weighted by Gasteiger charge is -2.16. The minimum atomic E-state index is -0.183. The Kier molecular flexibility index (Phi) is 5.97. The van der Waals surface area contributed by atoms with E-state index in [1.165, 1.54) is 0 Å². The maximum atomic E-state index is 9.26. The SMILES string of the molecule is C#CCCCC(CC)C(C)O. The highest BCUT2D eigenvalue weighted by atomic mass is 16.3. The molecule has 0 radical (unpaired) electrons. The number of hydrogen-bond acceptors (Lipinski definition) is 1. The lowest BCUT2D eigenvalue weighted by Crippen LogP contribution is -2.15. The zero-order chi connectivity index (χ0) is 8.69. The second kappa shape index (κ2) is 6.24. The Morgan fingerprint density at radius 3 is 2.55 bits per heavy atom. The Balaban J connectivity index is 3.46. The topological polar surface area (TPSA) is 20.2 Å². The molecule has 0 amide bonds. The molecule has 0 heterocycles. The minimum Gasteiger partial charge on any atom is -0.393 e. The van der Waals surface area contributed by atoms with Crippen LogP contribution in [0.2, 0.25) is 0 Å². The summed E-state index contributed by atoms with van der Waals surface area (Å²) in [4.78, 5) is 0. The van der Waals surface area contributed by atoms with Gasteiger partial charge in [0.2, 0.25) is 0 Å². The van der Waals surface area contributed by atoms with Crippen molar-refractivity contribution in [3.05, 3.63) is 0 Å². The van der Waals surface area contributed by atoms with Crippen molar-refractivity contribution in [3.63, 3.8) is 0 Å². The molecule has 11 heavy (non-hydrogen) atoms. The van der Waals surface area contributed by atoms with Gasteiger partial charge in [0.05, 0.1) is 6.10 Å². The Labute approximate surface area is 69.8 Å². The third-order valence-corrected chi connectivity index (χ3v) is 2.10. The van der Waals surface area contributed by atoms with Gasteiger partial charge in [-0.25, -0.2) is 0 Å². The van der Waals surface area contributed by atoms with Crippen LogP contribution in [0.3, 0.4) is 0 Å². The molecule has 64 valence electrons. The van der Waals surface area contributed by atoms with E-state index in [1.54, 1.807) is 0 Å². The number of hydrogen-bond donors (Lipinski definition) is 1. The van der Waals surface area contributed by atoms with Crippen molar-refractivity contribution in [1.82, 2.24) is 0 Å². The van der Waals surface area contributed by atoms with Crippen LogP contribution in [0, 0.1) is 18.3 Å². The molecule has 2 atom stereocenters. The van der Waals surface area contributed by atoms with Gasteiger partial charge < -0.3 is 5.11 Å². The lowest BCUT2D eigenvalue weighted by atomic mass is 9.94. The van der Waals surface area contributed by atoms with Crippen LogP contribution in [0.25, 0.3) is 0 Å². The molecule has 1 nitrogen and oxygen atoms in total. The van der Waals surface area contributed by atoms with Crippen LogP contribution in [0.4, 0.5) is 0 Å². The average molecular weight is 154 g/mol. The minimum absolute atomic E-state index is 0.183. The molecule has 0 bridgehead atoms. The Bertz CT molecular complexity index is 121. The van der Waals surface area contributed by atoms with E-state index in [9.17, 15) is 5.11 Å². The smallest absolute Gasteiger partial charge is 0.0540 e. The van der Waals surface area contributed by atoms with Crippen molar-refractivity contribution >= 4 is 0 Å². The second-order valence-corrected chi connectivity index (χ2v) is 3.01. The molecular weight excluding hydrogens is 136 g/mol. The van der Waals surface area contributed by atoms with Crippen LogP contribution in [0.5, 0.6) is 0 Å². The largest absolute Gasteiger partial charge is 0.393 e. The van der Waals surface area contributed by atoms with Gasteiger partial charge in [0.25, 0.3) is 0 Å². The van der Waals surface area contributed by atoms with E-state index in [1.807, 2.05) is 6.92 Å². The highest BCUT2D eigenvalue weighted by Gasteiger charge is 2.10. The first-order chi connectivity index (χ1) is 5.22. The summed E-state index contributed by atoms with van der Waals surface area (Å²) in [6.45, 7) is 3.96. The number of rotatable bonds is 5. The Morgan fingerprint density at radius 2 is 2.18 bits per heavy atom. The molecule has 0 fully saturated rings. The Morgan fingerprint density at radius 1 is 1.55 bits per heavy atom. The molecule has 0 saturated carbocycles. The van der Waals surface area contributed by atoms with Gasteiger partial charge in [0.15, 0.2) is 0 Å². The summed E-state index contributed by atoms with van der Waals surface area (Å²) in [5.41, 5.74) is 0. The van der Waals surface area contributed by atoms with Crippen molar-refractivity contribution in [1.29, 1.82) is 0 Å². The summed E-state index contributed by atoms with van der Waals surface area (Å²) in [5, 5.41) is 9.26. The quantitative estimate of drug-likeness (QED) is 0.475. The van der Waals surface area contributed by atoms with Crippen LogP contribution in [-0.4, -0.2) is 11.2 Å². The molecule has 0 saturated heterocycles. The normalized spacial score (nSPS) is 15.5. The molecule has 0 aliphatic carbocycles. The fourth-order valence-electron chi connectivity index (χ4n) is 1.25. The second-order valence-electron chi connectivity index (χ2n) is 3.01. The molecular formula is C10H18O. The van der Waals surface area contributed by atoms with E-state index in [2.05, 4.69) is 12.8 Å². The van der Waals surface area contributed by atoms with Crippen LogP contribution < -0.4 is 0 Å². The van der Waals surface area contributed by atoms with E-state index in [-0.39, 0.29) is 6.10 Å². The summed E-state index contributed by atoms with van der Waals surface area (Å²) < 4.78 is 0. The molecule has 0 aromatic rings. The zero-order valence-electron chi connectivity index (χ0n) is 7.51. The first-order valence-corrected chi connectivity index (χ1v) is 4.33. The van der Waals surface area contributed by atoms with Gasteiger partial charge in [-0.3, -0.25) is 0 Å². The number of aliphatic hydroxyl groups excluding tert-OH is 1. The molecule has 0 aliphatic rings. The third kappa shape index (κ3) is 4.86. The van der Waals surface area contributed by atoms with Crippen molar-refractivity contribution in [2.24, 2.45) is 5.92 Å². The summed E-state index contributed by atoms with van der Waals surface area (Å²) in [6, 6.07) is 0. The highest BCUT2D eigenvalue weighted by Crippen LogP contribution is 2.15. The maximum absolute atomic E-state index is 9.26. The first kappa shape index (κ1) is 10.5. The van der Waals surface area contributed by atoms with Gasteiger partial charge in [-0.05, 0) is 25.7 Å². The first-order valence-electron chi connectivity index (χ1n) is 4.33. The predicted molar refractivity (Wildman–Crippen MR) is 48.1 cm³/mol. The molecule has 0 spiro atoms. The molecule has 2 unspecified atom stereocenters. The van der Waals surface area contributed by atoms with Crippen LogP contribution in [-0.2, 0) is 0 Å². The van der Waals surface area contributed by atoms with Crippen LogP contribution in [0.15, 0.2) is 0 Å². The summed E-state index contributed by atoms with van der Waals surface area (Å²) in [6.07, 6.45) is 8.91. The lowest BCUT2D eigenvalue weighted by molar-refractivity contribution is 0.116. The van der Waals surface area contributed by atoms with E-state index < -0.39 is 0 Å². The van der Waals surface area contributed by atoms with Crippen LogP contribution in [0.1, 0.15) is 39.5 Å². The van der Waals surface area contributed by atoms with Gasteiger partial charge in [-0.15, -0.1) is 12.3 Å². The van der Waals surface area contributed by atoms with Crippen molar-refractivity contribution in [2.75, 3.05) is 0 Å². The van der Waals surface area contributed by atoms with Gasteiger partial charge in [0.1, 0.15) is 0 Å². The van der Waals surface area contributed by atoms with Crippen LogP contribution >= 0.6 is 0 Å². The zero-order valence-corrected chi connectivity index (χ0v) is 7.51. The maximum Gasteiger partial charge on any atom is 0.0540 e. The molecule has 1 heteroatoms. The standard InChI is InChI=1S/C10H18O/c1-4-6-7-8-10(5-2)9(3)11/h1,9-11H,5-8H2,2-3H3. The van der Waals surface area contributed by atoms with E-state index >= 15 is 0 Å². The molecule has 1 N–H and O–H groups in total. The summed E-state index contributed by atoms with van der Waals surface area (Å²) in [7, 11) is 0. The average Bonchev–Trinajstić information content (AvgIpc) is 1.97. The van der Waals surface area contributed by atoms with Gasteiger partial charge in [-0.1, -0.05) is 13.3 Å². The number of unbranched alkanes of at least 4 members (excludes halogenated alkanes) is 1. The highest BCUT2D eigenvalue weighted by molar-refractivity contribution is 4.83. The summed E-state index contributed by atoms with van der Waals surface area (Å²) in [5.74, 6) is 3.04. The third-order valence-electron chi connectivity index (χ3n) is 2.10. The van der Waals surface area contributed by atoms with Gasteiger partial charge in [0, 0.05) is 6.42 Å². The molecule has 0 aromatic heterocycles. The van der Waals surface area contributed by atoms with E-state index in [0.29, 0.717) is 5.92 Å². The number of terminal acetylenes is 1. The fourth-order valence-corrected chi connectivity index (χ4v) is 1.25. The fraction of sp³-hybridized carbons (Fsp3) is 0.800.